The molecule has 1 fully saturated rings. The molecule has 1 aliphatic rings. The quantitative estimate of drug-likeness (QED) is 0.538. The van der Waals surface area contributed by atoms with Gasteiger partial charge in [0.1, 0.15) is 6.04 Å². The molecule has 1 heterocycles. The predicted molar refractivity (Wildman–Crippen MR) is 32.6 cm³/mol. The van der Waals surface area contributed by atoms with Crippen LogP contribution in [-0.4, -0.2) is 18.8 Å². The van der Waals surface area contributed by atoms with Crippen LogP contribution in [0.2, 0.25) is 0 Å². The van der Waals surface area contributed by atoms with E-state index in [-0.39, 0.29) is 6.10 Å². The van der Waals surface area contributed by atoms with Crippen LogP contribution >= 0.6 is 0 Å². The number of rotatable bonds is 1. The van der Waals surface area contributed by atoms with Gasteiger partial charge < -0.3 is 10.5 Å². The summed E-state index contributed by atoms with van der Waals surface area (Å²) >= 11 is 0. The summed E-state index contributed by atoms with van der Waals surface area (Å²) in [7, 11) is 0. The van der Waals surface area contributed by atoms with Crippen molar-refractivity contribution < 1.29 is 4.74 Å². The molecule has 0 spiro atoms. The van der Waals surface area contributed by atoms with Crippen molar-refractivity contribution in [2.24, 2.45) is 5.73 Å². The third kappa shape index (κ3) is 1.41. The van der Waals surface area contributed by atoms with Crippen molar-refractivity contribution in [2.45, 2.75) is 25.0 Å². The Morgan fingerprint density at radius 2 is 2.56 bits per heavy atom. The molecular formula is C6H10N2O. The fourth-order valence-corrected chi connectivity index (χ4v) is 0.969. The van der Waals surface area contributed by atoms with Crippen LogP contribution in [-0.2, 0) is 4.74 Å². The van der Waals surface area contributed by atoms with Gasteiger partial charge in [0.25, 0.3) is 0 Å². The number of nitrogens with zero attached hydrogens (tertiary/aromatic N) is 1. The first-order valence-corrected chi connectivity index (χ1v) is 3.11. The zero-order valence-corrected chi connectivity index (χ0v) is 5.21. The van der Waals surface area contributed by atoms with Crippen LogP contribution in [0.5, 0.6) is 0 Å². The van der Waals surface area contributed by atoms with Crippen molar-refractivity contribution in [2.75, 3.05) is 6.61 Å². The molecule has 0 aliphatic carbocycles. The second kappa shape index (κ2) is 2.81. The minimum Gasteiger partial charge on any atom is -0.375 e. The number of nitriles is 1. The van der Waals surface area contributed by atoms with Crippen molar-refractivity contribution in [3.05, 3.63) is 0 Å². The third-order valence-corrected chi connectivity index (χ3v) is 1.51. The summed E-state index contributed by atoms with van der Waals surface area (Å²) < 4.78 is 5.16. The highest BCUT2D eigenvalue weighted by atomic mass is 16.5. The lowest BCUT2D eigenvalue weighted by atomic mass is 10.1. The van der Waals surface area contributed by atoms with E-state index in [0.717, 1.165) is 19.4 Å². The first-order valence-electron chi connectivity index (χ1n) is 3.11. The lowest BCUT2D eigenvalue weighted by molar-refractivity contribution is 0.103. The topological polar surface area (TPSA) is 59.0 Å². The fraction of sp³-hybridized carbons (Fsp3) is 0.833. The van der Waals surface area contributed by atoms with Gasteiger partial charge in [0, 0.05) is 6.61 Å². The second-order valence-corrected chi connectivity index (χ2v) is 2.21. The molecule has 0 saturated carbocycles. The molecule has 0 amide bonds. The van der Waals surface area contributed by atoms with Gasteiger partial charge >= 0.3 is 0 Å². The first-order chi connectivity index (χ1) is 4.34. The van der Waals surface area contributed by atoms with Crippen molar-refractivity contribution in [1.82, 2.24) is 0 Å². The average molecular weight is 126 g/mol. The van der Waals surface area contributed by atoms with Crippen LogP contribution in [0, 0.1) is 11.3 Å². The van der Waals surface area contributed by atoms with Crippen LogP contribution in [0.25, 0.3) is 0 Å². The lowest BCUT2D eigenvalue weighted by Gasteiger charge is -2.09. The van der Waals surface area contributed by atoms with Crippen molar-refractivity contribution >= 4 is 0 Å². The molecule has 50 valence electrons. The largest absolute Gasteiger partial charge is 0.375 e. The van der Waals surface area contributed by atoms with E-state index in [1.54, 1.807) is 0 Å². The van der Waals surface area contributed by atoms with Gasteiger partial charge in [-0.2, -0.15) is 5.26 Å². The van der Waals surface area contributed by atoms with E-state index in [1.807, 2.05) is 6.07 Å². The van der Waals surface area contributed by atoms with Gasteiger partial charge in [-0.1, -0.05) is 0 Å². The van der Waals surface area contributed by atoms with E-state index in [4.69, 9.17) is 15.7 Å². The maximum Gasteiger partial charge on any atom is 0.119 e. The molecule has 0 radical (unpaired) electrons. The summed E-state index contributed by atoms with van der Waals surface area (Å²) in [5, 5.41) is 8.34. The monoisotopic (exact) mass is 126 g/mol. The van der Waals surface area contributed by atoms with E-state index >= 15 is 0 Å². The van der Waals surface area contributed by atoms with Crippen LogP contribution < -0.4 is 5.73 Å². The van der Waals surface area contributed by atoms with Gasteiger partial charge in [-0.15, -0.1) is 0 Å². The average Bonchev–Trinajstić information content (AvgIpc) is 2.37. The molecular weight excluding hydrogens is 116 g/mol. The van der Waals surface area contributed by atoms with E-state index in [0.29, 0.717) is 0 Å². The molecule has 3 heteroatoms. The van der Waals surface area contributed by atoms with Crippen molar-refractivity contribution in [3.63, 3.8) is 0 Å². The van der Waals surface area contributed by atoms with Crippen LogP contribution in [0.3, 0.4) is 0 Å². The van der Waals surface area contributed by atoms with Crippen molar-refractivity contribution in [1.29, 1.82) is 5.26 Å². The van der Waals surface area contributed by atoms with Gasteiger partial charge in [-0.05, 0) is 12.8 Å². The highest BCUT2D eigenvalue weighted by Crippen LogP contribution is 2.13. The maximum absolute atomic E-state index is 8.34. The fourth-order valence-electron chi connectivity index (χ4n) is 0.969. The predicted octanol–water partition coefficient (Wildman–Crippen LogP) is 0.0163. The molecule has 1 saturated heterocycles. The normalized spacial score (nSPS) is 29.6. The van der Waals surface area contributed by atoms with E-state index < -0.39 is 6.04 Å². The third-order valence-electron chi connectivity index (χ3n) is 1.51. The lowest BCUT2D eigenvalue weighted by Crippen LogP contribution is -2.32. The van der Waals surface area contributed by atoms with Gasteiger partial charge in [0.15, 0.2) is 0 Å². The van der Waals surface area contributed by atoms with Gasteiger partial charge in [-0.3, -0.25) is 0 Å². The highest BCUT2D eigenvalue weighted by molar-refractivity contribution is 4.94. The summed E-state index contributed by atoms with van der Waals surface area (Å²) in [6.45, 7) is 0.764. The molecule has 2 N–H and O–H groups in total. The summed E-state index contributed by atoms with van der Waals surface area (Å²) in [6, 6.07) is 1.54. The smallest absolute Gasteiger partial charge is 0.119 e. The van der Waals surface area contributed by atoms with E-state index in [1.165, 1.54) is 0 Å². The van der Waals surface area contributed by atoms with Crippen molar-refractivity contribution in [3.8, 4) is 6.07 Å². The summed E-state index contributed by atoms with van der Waals surface area (Å²) in [5.41, 5.74) is 5.39. The molecule has 2 atom stereocenters. The summed E-state index contributed by atoms with van der Waals surface area (Å²) in [5.74, 6) is 0. The molecule has 9 heavy (non-hydrogen) atoms. The Morgan fingerprint density at radius 3 is 3.00 bits per heavy atom. The Kier molecular flexibility index (Phi) is 2.04. The van der Waals surface area contributed by atoms with Crippen LogP contribution in [0.15, 0.2) is 0 Å². The van der Waals surface area contributed by atoms with E-state index in [2.05, 4.69) is 0 Å². The molecule has 1 aliphatic heterocycles. The molecule has 3 nitrogen and oxygen atoms in total. The Balaban J connectivity index is 2.34. The minimum atomic E-state index is -0.424. The molecule has 0 bridgehead atoms. The number of hydrogen-bond acceptors (Lipinski definition) is 3. The standard InChI is InChI=1S/C6H10N2O/c7-4-5(8)6-2-1-3-9-6/h5-6H,1-3,8H2. The molecule has 0 aromatic heterocycles. The van der Waals surface area contributed by atoms with Gasteiger partial charge in [0.05, 0.1) is 12.2 Å². The summed E-state index contributed by atoms with van der Waals surface area (Å²) in [4.78, 5) is 0. The second-order valence-electron chi connectivity index (χ2n) is 2.21. The Morgan fingerprint density at radius 1 is 1.78 bits per heavy atom. The molecule has 2 unspecified atom stereocenters. The first kappa shape index (κ1) is 6.53. The molecule has 0 aromatic rings. The van der Waals surface area contributed by atoms with Gasteiger partial charge in [0.2, 0.25) is 0 Å². The Bertz CT molecular complexity index is 124. The number of ether oxygens (including phenoxy) is 1. The zero-order valence-electron chi connectivity index (χ0n) is 5.21. The minimum absolute atomic E-state index is 0.00463. The number of hydrogen-bond donors (Lipinski definition) is 1. The molecule has 1 rings (SSSR count). The Hall–Kier alpha value is -0.590. The maximum atomic E-state index is 8.34. The number of nitrogens with two attached hydrogens (primary N) is 1. The highest BCUT2D eigenvalue weighted by Gasteiger charge is 2.21. The van der Waals surface area contributed by atoms with E-state index in [9.17, 15) is 0 Å². The zero-order chi connectivity index (χ0) is 6.69. The van der Waals surface area contributed by atoms with Crippen LogP contribution in [0.1, 0.15) is 12.8 Å². The summed E-state index contributed by atoms with van der Waals surface area (Å²) in [6.07, 6.45) is 1.98. The molecule has 0 aromatic carbocycles. The SMILES string of the molecule is N#CC(N)C1CCCO1. The Labute approximate surface area is 54.4 Å². The van der Waals surface area contributed by atoms with Crippen LogP contribution in [0.4, 0.5) is 0 Å². The van der Waals surface area contributed by atoms with Gasteiger partial charge in [-0.25, -0.2) is 0 Å².